The fraction of sp³-hybridized carbons (Fsp3) is 0.778. The van der Waals surface area contributed by atoms with E-state index in [1.54, 1.807) is 32.4 Å². The molecule has 0 aromatic heterocycles. The second-order valence-corrected chi connectivity index (χ2v) is 14.7. The van der Waals surface area contributed by atoms with Gasteiger partial charge in [-0.15, -0.1) is 0 Å². The van der Waals surface area contributed by atoms with Crippen LogP contribution in [0.1, 0.15) is 110 Å². The number of aliphatic hydroxyl groups is 2. The molecule has 0 radical (unpaired) electrons. The third-order valence-electron chi connectivity index (χ3n) is 12.2. The Balaban J connectivity index is 1.57. The largest absolute Gasteiger partial charge is 0.459 e. The average Bonchev–Trinajstić information content (AvgIpc) is 3.61. The van der Waals surface area contributed by atoms with Gasteiger partial charge in [0.05, 0.1) is 29.1 Å². The van der Waals surface area contributed by atoms with Crippen LogP contribution in [-0.4, -0.2) is 65.8 Å². The zero-order valence-electron chi connectivity index (χ0n) is 28.2. The summed E-state index contributed by atoms with van der Waals surface area (Å²) in [7, 11) is 3.26. The maximum atomic E-state index is 13.7. The molecule has 3 aliphatic carbocycles. The summed E-state index contributed by atoms with van der Waals surface area (Å²) in [6.07, 6.45) is 5.48. The molecule has 0 saturated heterocycles. The Hall–Kier alpha value is -2.00. The highest BCUT2D eigenvalue weighted by molar-refractivity contribution is 6.02. The normalized spacial score (nSPS) is 32.7. The number of carbonyl (C=O) groups excluding carboxylic acids is 2. The van der Waals surface area contributed by atoms with E-state index in [9.17, 15) is 19.8 Å². The van der Waals surface area contributed by atoms with Crippen LogP contribution >= 0.6 is 0 Å². The van der Waals surface area contributed by atoms with Gasteiger partial charge in [-0.25, -0.2) is 4.79 Å². The molecule has 0 spiro atoms. The van der Waals surface area contributed by atoms with Gasteiger partial charge in [0.1, 0.15) is 11.7 Å². The molecule has 1 amide bonds. The highest BCUT2D eigenvalue weighted by Crippen LogP contribution is 2.57. The molecular weight excluding hydrogens is 558 g/mol. The molecule has 3 unspecified atom stereocenters. The molecule has 248 valence electrons. The first-order valence-electron chi connectivity index (χ1n) is 16.9. The van der Waals surface area contributed by atoms with Crippen LogP contribution in [0.2, 0.25) is 0 Å². The van der Waals surface area contributed by atoms with Crippen LogP contribution in [0.5, 0.6) is 0 Å². The number of methoxy groups -OCH3 is 2. The van der Waals surface area contributed by atoms with E-state index in [1.165, 1.54) is 0 Å². The number of rotatable bonds is 13. The molecule has 9 atom stereocenters. The van der Waals surface area contributed by atoms with Crippen LogP contribution < -0.4 is 5.32 Å². The fourth-order valence-corrected chi connectivity index (χ4v) is 8.96. The zero-order chi connectivity index (χ0) is 32.4. The molecule has 8 nitrogen and oxygen atoms in total. The molecule has 0 aliphatic heterocycles. The van der Waals surface area contributed by atoms with Crippen molar-refractivity contribution < 1.29 is 34.0 Å². The van der Waals surface area contributed by atoms with Gasteiger partial charge in [0.2, 0.25) is 5.91 Å². The van der Waals surface area contributed by atoms with Gasteiger partial charge >= 0.3 is 5.97 Å². The van der Waals surface area contributed by atoms with E-state index in [0.29, 0.717) is 36.4 Å². The molecule has 3 N–H and O–H groups in total. The number of fused-ring (bicyclic) bond motifs is 2. The van der Waals surface area contributed by atoms with E-state index in [-0.39, 0.29) is 41.1 Å². The second kappa shape index (κ2) is 13.8. The number of anilines is 1. The van der Waals surface area contributed by atoms with Crippen molar-refractivity contribution in [2.45, 2.75) is 129 Å². The van der Waals surface area contributed by atoms with Crippen LogP contribution in [0, 0.1) is 35.0 Å². The monoisotopic (exact) mass is 615 g/mol. The third kappa shape index (κ3) is 6.33. The SMILES string of the molecule is CC[C@H](C)C(C)(C)C(CC[C@@]1(O)C[C@H](OC)C2CC(C)[C@]1(O)[C@H]2OC)[C@H](C)OC(=O)c1ccccc1NC(=O)C1CCCC1. The summed E-state index contributed by atoms with van der Waals surface area (Å²) < 4.78 is 17.9. The van der Waals surface area contributed by atoms with Crippen molar-refractivity contribution in [3.63, 3.8) is 0 Å². The Morgan fingerprint density at radius 1 is 1.09 bits per heavy atom. The molecule has 2 bridgehead atoms. The van der Waals surface area contributed by atoms with Crippen molar-refractivity contribution in [2.75, 3.05) is 19.5 Å². The highest BCUT2D eigenvalue weighted by Gasteiger charge is 2.69. The number of esters is 1. The summed E-state index contributed by atoms with van der Waals surface area (Å²) in [6.45, 7) is 12.7. The topological polar surface area (TPSA) is 114 Å². The fourth-order valence-electron chi connectivity index (χ4n) is 8.96. The van der Waals surface area contributed by atoms with Gasteiger partial charge in [-0.3, -0.25) is 4.79 Å². The van der Waals surface area contributed by atoms with E-state index >= 15 is 0 Å². The first-order valence-corrected chi connectivity index (χ1v) is 16.9. The van der Waals surface area contributed by atoms with E-state index < -0.39 is 29.4 Å². The quantitative estimate of drug-likeness (QED) is 0.221. The standard InChI is InChI=1S/C36H57NO7/c1-9-22(2)34(5,6)28(18-19-35(40)21-30(42-7)27-20-23(3)36(35,41)31(27)43-8)24(4)44-33(39)26-16-12-13-17-29(26)37-32(38)25-14-10-11-15-25/h12-13,16-17,22-25,27-28,30-31,40-41H,9-11,14-15,18-21H2,1-8H3,(H,37,38)/t22-,23?,24-,27?,28?,30-,31-,35+,36-/m0/s1. The lowest BCUT2D eigenvalue weighted by Gasteiger charge is -2.53. The van der Waals surface area contributed by atoms with Gasteiger partial charge in [0, 0.05) is 38.4 Å². The van der Waals surface area contributed by atoms with Crippen molar-refractivity contribution >= 4 is 17.6 Å². The van der Waals surface area contributed by atoms with Crippen LogP contribution in [-0.2, 0) is 19.0 Å². The predicted octanol–water partition coefficient (Wildman–Crippen LogP) is 6.38. The molecule has 1 aromatic rings. The summed E-state index contributed by atoms with van der Waals surface area (Å²) >= 11 is 0. The number of hydrogen-bond acceptors (Lipinski definition) is 7. The lowest BCUT2D eigenvalue weighted by atomic mass is 9.61. The highest BCUT2D eigenvalue weighted by atomic mass is 16.5. The zero-order valence-corrected chi connectivity index (χ0v) is 28.2. The Labute approximate surface area is 264 Å². The summed E-state index contributed by atoms with van der Waals surface area (Å²) in [5, 5.41) is 27.4. The van der Waals surface area contributed by atoms with Gasteiger partial charge in [0.15, 0.2) is 0 Å². The lowest BCUT2D eigenvalue weighted by molar-refractivity contribution is -0.260. The van der Waals surface area contributed by atoms with E-state index in [2.05, 4.69) is 33.0 Å². The van der Waals surface area contributed by atoms with E-state index in [4.69, 9.17) is 14.2 Å². The smallest absolute Gasteiger partial charge is 0.340 e. The van der Waals surface area contributed by atoms with Gasteiger partial charge in [-0.1, -0.05) is 66.0 Å². The minimum absolute atomic E-state index is 0.0201. The second-order valence-electron chi connectivity index (χ2n) is 14.7. The first-order chi connectivity index (χ1) is 20.7. The van der Waals surface area contributed by atoms with Gasteiger partial charge in [0.25, 0.3) is 0 Å². The van der Waals surface area contributed by atoms with Crippen molar-refractivity contribution in [2.24, 2.45) is 35.0 Å². The third-order valence-corrected chi connectivity index (χ3v) is 12.2. The minimum Gasteiger partial charge on any atom is -0.459 e. The van der Waals surface area contributed by atoms with Crippen molar-refractivity contribution in [3.8, 4) is 0 Å². The predicted molar refractivity (Wildman–Crippen MR) is 171 cm³/mol. The number of ether oxygens (including phenoxy) is 3. The molecule has 0 heterocycles. The number of carbonyl (C=O) groups is 2. The molecule has 3 saturated carbocycles. The molecule has 3 aliphatic rings. The number of amides is 1. The Morgan fingerprint density at radius 2 is 1.75 bits per heavy atom. The van der Waals surface area contributed by atoms with Crippen molar-refractivity contribution in [1.82, 2.24) is 0 Å². The van der Waals surface area contributed by atoms with E-state index in [1.807, 2.05) is 19.9 Å². The van der Waals surface area contributed by atoms with Gasteiger partial charge < -0.3 is 29.7 Å². The molecule has 4 rings (SSSR count). The number of nitrogens with one attached hydrogen (secondary N) is 1. The molecule has 1 aromatic carbocycles. The van der Waals surface area contributed by atoms with E-state index in [0.717, 1.165) is 38.5 Å². The van der Waals surface area contributed by atoms with Crippen LogP contribution in [0.25, 0.3) is 0 Å². The molecule has 8 heteroatoms. The summed E-state index contributed by atoms with van der Waals surface area (Å²) in [5.74, 6) is -0.494. The van der Waals surface area contributed by atoms with Crippen LogP contribution in [0.4, 0.5) is 5.69 Å². The Bertz CT molecular complexity index is 1150. The Morgan fingerprint density at radius 3 is 2.36 bits per heavy atom. The lowest BCUT2D eigenvalue weighted by Crippen LogP contribution is -2.68. The maximum Gasteiger partial charge on any atom is 0.340 e. The molecule has 44 heavy (non-hydrogen) atoms. The van der Waals surface area contributed by atoms with Gasteiger partial charge in [-0.2, -0.15) is 0 Å². The van der Waals surface area contributed by atoms with Crippen molar-refractivity contribution in [3.05, 3.63) is 29.8 Å². The van der Waals surface area contributed by atoms with Gasteiger partial charge in [-0.05, 0) is 68.4 Å². The Kier molecular flexibility index (Phi) is 10.9. The minimum atomic E-state index is -1.43. The summed E-state index contributed by atoms with van der Waals surface area (Å²) in [5.41, 5.74) is -2.26. The number of hydrogen-bond donors (Lipinski definition) is 3. The number of benzene rings is 1. The van der Waals surface area contributed by atoms with Crippen LogP contribution in [0.15, 0.2) is 24.3 Å². The summed E-state index contributed by atoms with van der Waals surface area (Å²) in [6, 6.07) is 7.04. The average molecular weight is 616 g/mol. The van der Waals surface area contributed by atoms with Crippen LogP contribution in [0.3, 0.4) is 0 Å². The maximum absolute atomic E-state index is 13.7. The molecular formula is C36H57NO7. The molecule has 3 fully saturated rings. The van der Waals surface area contributed by atoms with Crippen molar-refractivity contribution in [1.29, 1.82) is 0 Å². The first kappa shape index (κ1) is 34.9. The summed E-state index contributed by atoms with van der Waals surface area (Å²) in [4.78, 5) is 26.6. The number of para-hydroxylation sites is 1.